The van der Waals surface area contributed by atoms with Gasteiger partial charge in [-0.1, -0.05) is 36.4 Å². The lowest BCUT2D eigenvalue weighted by Crippen LogP contribution is -2.52. The molecule has 0 aromatic heterocycles. The molecule has 1 fully saturated rings. The van der Waals surface area contributed by atoms with E-state index in [1.807, 2.05) is 37.3 Å². The number of carbonyl (C=O) groups is 5. The fourth-order valence-electron chi connectivity index (χ4n) is 3.26. The molecule has 0 bridgehead atoms. The molecule has 2 aromatic rings. The van der Waals surface area contributed by atoms with Gasteiger partial charge in [-0.25, -0.2) is 19.2 Å². The first-order chi connectivity index (χ1) is 17.9. The number of nitrogens with zero attached hydrogens (tertiary/aromatic N) is 2. The summed E-state index contributed by atoms with van der Waals surface area (Å²) in [5.74, 6) is -6.53. The predicted molar refractivity (Wildman–Crippen MR) is 135 cm³/mol. The monoisotopic (exact) mass is 533 g/mol. The highest BCUT2D eigenvalue weighted by atomic mass is 16.5. The number of nitrogens with one attached hydrogen (secondary N) is 1. The van der Waals surface area contributed by atoms with Gasteiger partial charge in [-0.15, -0.1) is 0 Å². The van der Waals surface area contributed by atoms with Crippen LogP contribution in [0.4, 0.5) is 5.69 Å². The summed E-state index contributed by atoms with van der Waals surface area (Å²) in [6.07, 6.45) is 0. The average molecular weight is 534 g/mol. The number of carboxylic acid groups (broad SMARTS) is 4. The molecule has 0 spiro atoms. The summed E-state index contributed by atoms with van der Waals surface area (Å²) >= 11 is 0. The van der Waals surface area contributed by atoms with Gasteiger partial charge in [0.2, 0.25) is 5.91 Å². The number of piperazine rings is 1. The van der Waals surface area contributed by atoms with Crippen molar-refractivity contribution in [2.24, 2.45) is 0 Å². The lowest BCUT2D eigenvalue weighted by Gasteiger charge is -2.37. The van der Waals surface area contributed by atoms with Gasteiger partial charge in [0.15, 0.2) is 0 Å². The molecule has 1 aliphatic heterocycles. The Bertz CT molecular complexity index is 1040. The Balaban J connectivity index is 0.000000503. The van der Waals surface area contributed by atoms with Crippen molar-refractivity contribution in [3.8, 4) is 5.75 Å². The molecule has 0 saturated carbocycles. The first-order valence-electron chi connectivity index (χ1n) is 11.3. The zero-order valence-corrected chi connectivity index (χ0v) is 20.9. The molecule has 1 saturated heterocycles. The van der Waals surface area contributed by atoms with Crippen LogP contribution in [-0.2, 0) is 30.5 Å². The van der Waals surface area contributed by atoms with E-state index < -0.39 is 23.9 Å². The third-order valence-electron chi connectivity index (χ3n) is 5.29. The molecule has 3 rings (SSSR count). The third-order valence-corrected chi connectivity index (χ3v) is 5.29. The summed E-state index contributed by atoms with van der Waals surface area (Å²) in [6, 6.07) is 17.8. The van der Waals surface area contributed by atoms with Gasteiger partial charge in [0.1, 0.15) is 5.75 Å². The third kappa shape index (κ3) is 12.0. The SMILES string of the molecule is COc1cccc(NC(=O)C(C)N2CCN(Cc3ccccc3)CC2)c1.O=C(O)C(=O)O.O=C(O)C(=O)O. The van der Waals surface area contributed by atoms with E-state index in [9.17, 15) is 4.79 Å². The number of amides is 1. The highest BCUT2D eigenvalue weighted by Crippen LogP contribution is 2.18. The number of carbonyl (C=O) groups excluding carboxylic acids is 1. The second kappa shape index (κ2) is 16.3. The number of hydrogen-bond acceptors (Lipinski definition) is 8. The van der Waals surface area contributed by atoms with Crippen LogP contribution in [-0.4, -0.2) is 99.3 Å². The molecule has 13 heteroatoms. The van der Waals surface area contributed by atoms with E-state index in [0.717, 1.165) is 44.2 Å². The van der Waals surface area contributed by atoms with Crippen molar-refractivity contribution in [1.82, 2.24) is 9.80 Å². The highest BCUT2D eigenvalue weighted by molar-refractivity contribution is 6.27. The maximum atomic E-state index is 12.6. The Morgan fingerprint density at radius 1 is 0.816 bits per heavy atom. The van der Waals surface area contributed by atoms with E-state index in [4.69, 9.17) is 44.3 Å². The van der Waals surface area contributed by atoms with Crippen LogP contribution in [0.2, 0.25) is 0 Å². The van der Waals surface area contributed by atoms with Gasteiger partial charge in [-0.2, -0.15) is 0 Å². The Kier molecular flexibility index (Phi) is 13.5. The molecule has 13 nitrogen and oxygen atoms in total. The normalized spacial score (nSPS) is 13.8. The van der Waals surface area contributed by atoms with Crippen molar-refractivity contribution >= 4 is 35.5 Å². The smallest absolute Gasteiger partial charge is 0.414 e. The minimum Gasteiger partial charge on any atom is -0.497 e. The predicted octanol–water partition coefficient (Wildman–Crippen LogP) is 1.15. The summed E-state index contributed by atoms with van der Waals surface area (Å²) in [7, 11) is 1.62. The van der Waals surface area contributed by atoms with E-state index in [1.165, 1.54) is 5.56 Å². The number of aliphatic carboxylic acids is 4. The van der Waals surface area contributed by atoms with Crippen molar-refractivity contribution in [1.29, 1.82) is 0 Å². The molecule has 0 aliphatic carbocycles. The van der Waals surface area contributed by atoms with Crippen LogP contribution in [0.3, 0.4) is 0 Å². The molecule has 0 radical (unpaired) electrons. The number of rotatable bonds is 6. The molecule has 2 aromatic carbocycles. The fraction of sp³-hybridized carbons (Fsp3) is 0.320. The number of anilines is 1. The quantitative estimate of drug-likeness (QED) is 0.333. The van der Waals surface area contributed by atoms with Gasteiger partial charge in [0.25, 0.3) is 0 Å². The van der Waals surface area contributed by atoms with Crippen molar-refractivity contribution in [2.45, 2.75) is 19.5 Å². The first kappa shape index (κ1) is 31.5. The minimum absolute atomic E-state index is 0.0229. The molecule has 206 valence electrons. The van der Waals surface area contributed by atoms with E-state index in [1.54, 1.807) is 7.11 Å². The number of carboxylic acids is 4. The van der Waals surface area contributed by atoms with Crippen molar-refractivity contribution < 1.29 is 49.1 Å². The summed E-state index contributed by atoms with van der Waals surface area (Å²) < 4.78 is 5.21. The molecule has 1 unspecified atom stereocenters. The molecule has 1 amide bonds. The fourth-order valence-corrected chi connectivity index (χ4v) is 3.26. The van der Waals surface area contributed by atoms with E-state index in [-0.39, 0.29) is 11.9 Å². The first-order valence-corrected chi connectivity index (χ1v) is 11.3. The zero-order valence-electron chi connectivity index (χ0n) is 20.9. The second-order valence-electron chi connectivity index (χ2n) is 7.92. The van der Waals surface area contributed by atoms with Crippen LogP contribution in [0.15, 0.2) is 54.6 Å². The van der Waals surface area contributed by atoms with Crippen LogP contribution < -0.4 is 10.1 Å². The summed E-state index contributed by atoms with van der Waals surface area (Å²) in [5.41, 5.74) is 2.11. The van der Waals surface area contributed by atoms with Crippen LogP contribution in [0, 0.1) is 0 Å². The van der Waals surface area contributed by atoms with Crippen molar-refractivity contribution in [3.05, 3.63) is 60.2 Å². The zero-order chi connectivity index (χ0) is 28.7. The number of ether oxygens (including phenoxy) is 1. The number of benzene rings is 2. The molecular weight excluding hydrogens is 502 g/mol. The van der Waals surface area contributed by atoms with E-state index in [0.29, 0.717) is 0 Å². The van der Waals surface area contributed by atoms with Gasteiger partial charge in [-0.05, 0) is 24.6 Å². The maximum Gasteiger partial charge on any atom is 0.414 e. The van der Waals surface area contributed by atoms with Gasteiger partial charge in [0.05, 0.1) is 13.2 Å². The van der Waals surface area contributed by atoms with Crippen LogP contribution in [0.5, 0.6) is 5.75 Å². The van der Waals surface area contributed by atoms with Crippen molar-refractivity contribution in [3.63, 3.8) is 0 Å². The number of methoxy groups -OCH3 is 1. The summed E-state index contributed by atoms with van der Waals surface area (Å²) in [5, 5.41) is 32.6. The maximum absolute atomic E-state index is 12.6. The van der Waals surface area contributed by atoms with Crippen LogP contribution >= 0.6 is 0 Å². The van der Waals surface area contributed by atoms with Gasteiger partial charge >= 0.3 is 23.9 Å². The molecule has 38 heavy (non-hydrogen) atoms. The highest BCUT2D eigenvalue weighted by Gasteiger charge is 2.25. The number of hydrogen-bond donors (Lipinski definition) is 5. The lowest BCUT2D eigenvalue weighted by molar-refractivity contribution is -0.159. The average Bonchev–Trinajstić information content (AvgIpc) is 2.90. The molecule has 1 aliphatic rings. The molecular formula is C25H31N3O10. The van der Waals surface area contributed by atoms with Crippen LogP contribution in [0.1, 0.15) is 12.5 Å². The van der Waals surface area contributed by atoms with Gasteiger partial charge in [0, 0.05) is 44.5 Å². The van der Waals surface area contributed by atoms with Gasteiger partial charge < -0.3 is 30.5 Å². The standard InChI is InChI=1S/C21H27N3O2.2C2H2O4/c1-17(21(25)22-19-9-6-10-20(15-19)26-2)24-13-11-23(12-14-24)16-18-7-4-3-5-8-18;2*3-1(4)2(5)6/h3-10,15,17H,11-14,16H2,1-2H3,(H,22,25);2*(H,3,4)(H,5,6). The van der Waals surface area contributed by atoms with E-state index >= 15 is 0 Å². The molecule has 1 atom stereocenters. The Labute approximate surface area is 218 Å². The molecule has 1 heterocycles. The summed E-state index contributed by atoms with van der Waals surface area (Å²) in [6.45, 7) is 6.71. The Morgan fingerprint density at radius 3 is 1.82 bits per heavy atom. The second-order valence-corrected chi connectivity index (χ2v) is 7.92. The molecule has 5 N–H and O–H groups in total. The Morgan fingerprint density at radius 2 is 1.34 bits per heavy atom. The minimum atomic E-state index is -1.82. The Hall–Kier alpha value is -4.49. The van der Waals surface area contributed by atoms with Gasteiger partial charge in [-0.3, -0.25) is 14.6 Å². The largest absolute Gasteiger partial charge is 0.497 e. The topological polar surface area (TPSA) is 194 Å². The lowest BCUT2D eigenvalue weighted by atomic mass is 10.1. The van der Waals surface area contributed by atoms with Crippen LogP contribution in [0.25, 0.3) is 0 Å². The summed E-state index contributed by atoms with van der Waals surface area (Å²) in [4.78, 5) is 53.7. The van der Waals surface area contributed by atoms with E-state index in [2.05, 4.69) is 39.4 Å². The van der Waals surface area contributed by atoms with Crippen molar-refractivity contribution in [2.75, 3.05) is 38.6 Å².